The first-order valence-electron chi connectivity index (χ1n) is 12.6. The molecule has 1 aliphatic rings. The molecule has 0 aromatic heterocycles. The lowest BCUT2D eigenvalue weighted by molar-refractivity contribution is -0.204. The van der Waals surface area contributed by atoms with Crippen molar-refractivity contribution in [3.8, 4) is 28.0 Å². The number of aliphatic carboxylic acids is 1. The third-order valence-corrected chi connectivity index (χ3v) is 6.73. The van der Waals surface area contributed by atoms with Crippen LogP contribution < -0.4 is 0 Å². The molecule has 37 heavy (non-hydrogen) atoms. The number of hydrogen-bond acceptors (Lipinski definition) is 4. The van der Waals surface area contributed by atoms with E-state index in [-0.39, 0.29) is 18.1 Å². The van der Waals surface area contributed by atoms with E-state index in [0.29, 0.717) is 19.6 Å². The Morgan fingerprint density at radius 2 is 1.57 bits per heavy atom. The molecule has 5 nitrogen and oxygen atoms in total. The highest BCUT2D eigenvalue weighted by Gasteiger charge is 2.26. The standard InChI is InChI=1S/C32H30O5/c33-30-15-7-6-13-26(30)24-17-18-28(29(19-24)27-14-8-11-23-10-4-5-12-25(23)27)32-36-20-22(21-37-32)9-2-1-3-16-31(34)35/h1-2,4-8,10-15,17-19,22,32-33H,3,9,16,20-21H2,(H,34,35). The molecule has 1 heterocycles. The van der Waals surface area contributed by atoms with Crippen molar-refractivity contribution in [3.05, 3.63) is 103 Å². The van der Waals surface area contributed by atoms with Crippen LogP contribution in [0.25, 0.3) is 33.0 Å². The quantitative estimate of drug-likeness (QED) is 0.250. The van der Waals surface area contributed by atoms with Crippen LogP contribution in [0.15, 0.2) is 97.1 Å². The van der Waals surface area contributed by atoms with Gasteiger partial charge in [-0.25, -0.2) is 0 Å². The summed E-state index contributed by atoms with van der Waals surface area (Å²) in [6.07, 6.45) is 4.89. The third-order valence-electron chi connectivity index (χ3n) is 6.73. The number of benzene rings is 4. The molecule has 0 spiro atoms. The summed E-state index contributed by atoms with van der Waals surface area (Å²) in [5.74, 6) is -0.324. The maximum atomic E-state index is 10.7. The molecular formula is C32H30O5. The number of para-hydroxylation sites is 1. The van der Waals surface area contributed by atoms with E-state index < -0.39 is 12.3 Å². The Bertz CT molecular complexity index is 1410. The zero-order chi connectivity index (χ0) is 25.6. The summed E-state index contributed by atoms with van der Waals surface area (Å²) in [5, 5.41) is 21.6. The fourth-order valence-electron chi connectivity index (χ4n) is 4.81. The molecule has 0 unspecified atom stereocenters. The number of carbonyl (C=O) groups is 1. The smallest absolute Gasteiger partial charge is 0.303 e. The number of allylic oxidation sites excluding steroid dienone is 2. The third kappa shape index (κ3) is 5.74. The van der Waals surface area contributed by atoms with E-state index in [1.54, 1.807) is 6.07 Å². The first-order chi connectivity index (χ1) is 18.1. The molecule has 4 aromatic rings. The van der Waals surface area contributed by atoms with Crippen LogP contribution in [-0.2, 0) is 14.3 Å². The van der Waals surface area contributed by atoms with Crippen molar-refractivity contribution >= 4 is 16.7 Å². The first kappa shape index (κ1) is 24.8. The molecule has 4 aromatic carbocycles. The number of hydrogen-bond donors (Lipinski definition) is 2. The number of aromatic hydroxyl groups is 1. The maximum absolute atomic E-state index is 10.7. The number of carboxylic acids is 1. The first-order valence-corrected chi connectivity index (χ1v) is 12.6. The summed E-state index contributed by atoms with van der Waals surface area (Å²) in [6, 6.07) is 28.1. The Hall–Kier alpha value is -3.93. The van der Waals surface area contributed by atoms with E-state index in [2.05, 4.69) is 36.4 Å². The van der Waals surface area contributed by atoms with Gasteiger partial charge in [0.15, 0.2) is 6.29 Å². The molecular weight excluding hydrogens is 464 g/mol. The van der Waals surface area contributed by atoms with Gasteiger partial charge in [-0.2, -0.15) is 0 Å². The average Bonchev–Trinajstić information content (AvgIpc) is 2.93. The second-order valence-corrected chi connectivity index (χ2v) is 9.35. The predicted molar refractivity (Wildman–Crippen MR) is 145 cm³/mol. The zero-order valence-corrected chi connectivity index (χ0v) is 20.5. The van der Waals surface area contributed by atoms with Crippen LogP contribution in [0.2, 0.25) is 0 Å². The van der Waals surface area contributed by atoms with Gasteiger partial charge in [0.2, 0.25) is 0 Å². The zero-order valence-electron chi connectivity index (χ0n) is 20.5. The number of carboxylic acid groups (broad SMARTS) is 1. The summed E-state index contributed by atoms with van der Waals surface area (Å²) >= 11 is 0. The lowest BCUT2D eigenvalue weighted by atomic mass is 9.91. The number of fused-ring (bicyclic) bond motifs is 1. The maximum Gasteiger partial charge on any atom is 0.303 e. The van der Waals surface area contributed by atoms with Crippen molar-refractivity contribution in [1.29, 1.82) is 0 Å². The summed E-state index contributed by atoms with van der Waals surface area (Å²) in [5.41, 5.74) is 4.74. The van der Waals surface area contributed by atoms with Crippen LogP contribution in [0.4, 0.5) is 0 Å². The Labute approximate surface area is 216 Å². The van der Waals surface area contributed by atoms with Gasteiger partial charge >= 0.3 is 5.97 Å². The highest BCUT2D eigenvalue weighted by molar-refractivity contribution is 5.98. The molecule has 1 saturated heterocycles. The monoisotopic (exact) mass is 494 g/mol. The minimum absolute atomic E-state index is 0.143. The molecule has 5 rings (SSSR count). The normalized spacial score (nSPS) is 17.8. The van der Waals surface area contributed by atoms with Crippen molar-refractivity contribution in [2.24, 2.45) is 5.92 Å². The Kier molecular flexibility index (Phi) is 7.64. The molecule has 2 N–H and O–H groups in total. The van der Waals surface area contributed by atoms with Gasteiger partial charge in [-0.1, -0.05) is 84.9 Å². The van der Waals surface area contributed by atoms with Crippen LogP contribution in [0, 0.1) is 5.92 Å². The summed E-state index contributed by atoms with van der Waals surface area (Å²) in [6.45, 7) is 1.12. The largest absolute Gasteiger partial charge is 0.507 e. The molecule has 5 heteroatoms. The molecule has 188 valence electrons. The number of ether oxygens (including phenoxy) is 2. The predicted octanol–water partition coefficient (Wildman–Crippen LogP) is 7.35. The fourth-order valence-corrected chi connectivity index (χ4v) is 4.81. The lowest BCUT2D eigenvalue weighted by Crippen LogP contribution is -2.27. The minimum atomic E-state index is -0.785. The van der Waals surface area contributed by atoms with Gasteiger partial charge in [0, 0.05) is 23.5 Å². The van der Waals surface area contributed by atoms with Crippen molar-refractivity contribution < 1.29 is 24.5 Å². The summed E-state index contributed by atoms with van der Waals surface area (Å²) in [4.78, 5) is 10.7. The molecule has 0 amide bonds. The van der Waals surface area contributed by atoms with E-state index in [9.17, 15) is 9.90 Å². The molecule has 0 bridgehead atoms. The van der Waals surface area contributed by atoms with Gasteiger partial charge in [0.1, 0.15) is 5.75 Å². The second-order valence-electron chi connectivity index (χ2n) is 9.35. The minimum Gasteiger partial charge on any atom is -0.507 e. The number of phenols is 1. The van der Waals surface area contributed by atoms with Crippen LogP contribution in [0.5, 0.6) is 5.75 Å². The molecule has 1 fully saturated rings. The highest BCUT2D eigenvalue weighted by atomic mass is 16.7. The van der Waals surface area contributed by atoms with Gasteiger partial charge in [0.25, 0.3) is 0 Å². The second kappa shape index (κ2) is 11.4. The average molecular weight is 495 g/mol. The SMILES string of the molecule is O=C(O)CCC=CCC1COC(c2ccc(-c3ccccc3O)cc2-c2cccc3ccccc23)OC1. The Morgan fingerprint density at radius 3 is 2.38 bits per heavy atom. The van der Waals surface area contributed by atoms with Gasteiger partial charge in [-0.15, -0.1) is 0 Å². The van der Waals surface area contributed by atoms with Crippen LogP contribution in [0.1, 0.15) is 31.1 Å². The van der Waals surface area contributed by atoms with Crippen molar-refractivity contribution in [2.45, 2.75) is 25.6 Å². The number of phenolic OH excluding ortho intramolecular Hbond substituents is 1. The van der Waals surface area contributed by atoms with Crippen LogP contribution in [-0.4, -0.2) is 29.4 Å². The van der Waals surface area contributed by atoms with Gasteiger partial charge in [0.05, 0.1) is 13.2 Å². The summed E-state index contributed by atoms with van der Waals surface area (Å²) < 4.78 is 12.4. The molecule has 0 radical (unpaired) electrons. The molecule has 1 aliphatic heterocycles. The van der Waals surface area contributed by atoms with Crippen molar-refractivity contribution in [2.75, 3.05) is 13.2 Å². The number of rotatable bonds is 8. The van der Waals surface area contributed by atoms with E-state index in [1.807, 2.05) is 54.6 Å². The van der Waals surface area contributed by atoms with E-state index in [4.69, 9.17) is 14.6 Å². The van der Waals surface area contributed by atoms with E-state index in [0.717, 1.165) is 45.0 Å². The van der Waals surface area contributed by atoms with E-state index >= 15 is 0 Å². The van der Waals surface area contributed by atoms with Crippen LogP contribution in [0.3, 0.4) is 0 Å². The lowest BCUT2D eigenvalue weighted by Gasteiger charge is -2.30. The molecule has 0 atom stereocenters. The van der Waals surface area contributed by atoms with Gasteiger partial charge < -0.3 is 19.7 Å². The molecule has 0 aliphatic carbocycles. The van der Waals surface area contributed by atoms with Crippen LogP contribution >= 0.6 is 0 Å². The Balaban J connectivity index is 1.44. The Morgan fingerprint density at radius 1 is 0.838 bits per heavy atom. The van der Waals surface area contributed by atoms with Crippen molar-refractivity contribution in [3.63, 3.8) is 0 Å². The highest BCUT2D eigenvalue weighted by Crippen LogP contribution is 2.40. The van der Waals surface area contributed by atoms with Gasteiger partial charge in [-0.05, 0) is 52.4 Å². The van der Waals surface area contributed by atoms with Gasteiger partial charge in [-0.3, -0.25) is 4.79 Å². The van der Waals surface area contributed by atoms with Crippen molar-refractivity contribution in [1.82, 2.24) is 0 Å². The van der Waals surface area contributed by atoms with E-state index in [1.165, 1.54) is 0 Å². The fraction of sp³-hybridized carbons (Fsp3) is 0.219. The molecule has 0 saturated carbocycles. The topological polar surface area (TPSA) is 76.0 Å². The summed E-state index contributed by atoms with van der Waals surface area (Å²) in [7, 11) is 0.